The van der Waals surface area contributed by atoms with E-state index in [4.69, 9.17) is 4.74 Å². The number of anilines is 2. The SMILES string of the molecule is CCOc1ccc(-n2cc(-c3ccccc3)c3c(Nc4ccc(F)cc4)ncnc32)cc1. The Bertz CT molecular complexity index is 1350. The summed E-state index contributed by atoms with van der Waals surface area (Å²) in [7, 11) is 0. The zero-order valence-corrected chi connectivity index (χ0v) is 17.5. The zero-order chi connectivity index (χ0) is 21.9. The van der Waals surface area contributed by atoms with E-state index >= 15 is 0 Å². The fraction of sp³-hybridized carbons (Fsp3) is 0.0769. The molecular weight excluding hydrogens is 403 g/mol. The van der Waals surface area contributed by atoms with Gasteiger partial charge in [0.15, 0.2) is 5.65 Å². The maximum atomic E-state index is 13.4. The van der Waals surface area contributed by atoms with Crippen molar-refractivity contribution in [3.8, 4) is 22.6 Å². The van der Waals surface area contributed by atoms with Gasteiger partial charge in [-0.2, -0.15) is 0 Å². The Hall–Kier alpha value is -4.19. The summed E-state index contributed by atoms with van der Waals surface area (Å²) in [6, 6.07) is 24.3. The van der Waals surface area contributed by atoms with Crippen molar-refractivity contribution < 1.29 is 9.13 Å². The van der Waals surface area contributed by atoms with Crippen molar-refractivity contribution in [3.63, 3.8) is 0 Å². The normalized spacial score (nSPS) is 10.9. The summed E-state index contributed by atoms with van der Waals surface area (Å²) < 4.78 is 21.0. The summed E-state index contributed by atoms with van der Waals surface area (Å²) in [6.45, 7) is 2.58. The van der Waals surface area contributed by atoms with Crippen LogP contribution in [0.2, 0.25) is 0 Å². The minimum Gasteiger partial charge on any atom is -0.494 e. The second kappa shape index (κ2) is 8.51. The molecule has 1 N–H and O–H groups in total. The molecule has 0 saturated heterocycles. The van der Waals surface area contributed by atoms with Crippen LogP contribution in [0.4, 0.5) is 15.9 Å². The van der Waals surface area contributed by atoms with Gasteiger partial charge in [-0.15, -0.1) is 0 Å². The molecule has 0 aliphatic rings. The van der Waals surface area contributed by atoms with E-state index in [0.29, 0.717) is 12.4 Å². The first-order valence-corrected chi connectivity index (χ1v) is 10.4. The smallest absolute Gasteiger partial charge is 0.150 e. The molecule has 0 saturated carbocycles. The van der Waals surface area contributed by atoms with Gasteiger partial charge >= 0.3 is 0 Å². The van der Waals surface area contributed by atoms with Crippen molar-refractivity contribution in [2.45, 2.75) is 6.92 Å². The lowest BCUT2D eigenvalue weighted by Crippen LogP contribution is -1.98. The topological polar surface area (TPSA) is 52.0 Å². The summed E-state index contributed by atoms with van der Waals surface area (Å²) in [4.78, 5) is 9.11. The van der Waals surface area contributed by atoms with Crippen LogP contribution < -0.4 is 10.1 Å². The number of rotatable bonds is 6. The Morgan fingerprint density at radius 1 is 0.906 bits per heavy atom. The van der Waals surface area contributed by atoms with Gasteiger partial charge in [0.2, 0.25) is 0 Å². The maximum absolute atomic E-state index is 13.4. The molecule has 2 aromatic heterocycles. The van der Waals surface area contributed by atoms with Crippen molar-refractivity contribution in [1.82, 2.24) is 14.5 Å². The Morgan fingerprint density at radius 3 is 2.38 bits per heavy atom. The van der Waals surface area contributed by atoms with E-state index in [9.17, 15) is 4.39 Å². The fourth-order valence-electron chi connectivity index (χ4n) is 3.73. The average molecular weight is 424 g/mol. The van der Waals surface area contributed by atoms with Gasteiger partial charge < -0.3 is 14.6 Å². The standard InChI is InChI=1S/C26H21FN4O/c1-2-32-22-14-12-21(13-15-22)31-16-23(18-6-4-3-5-7-18)24-25(28-17-29-26(24)31)30-20-10-8-19(27)9-11-20/h3-17H,2H2,1H3,(H,28,29,30). The average Bonchev–Trinajstić information content (AvgIpc) is 3.23. The Balaban J connectivity index is 1.68. The lowest BCUT2D eigenvalue weighted by Gasteiger charge is -2.09. The van der Waals surface area contributed by atoms with Crippen LogP contribution in [-0.2, 0) is 0 Å². The van der Waals surface area contributed by atoms with Crippen LogP contribution in [-0.4, -0.2) is 21.1 Å². The lowest BCUT2D eigenvalue weighted by atomic mass is 10.1. The molecule has 158 valence electrons. The van der Waals surface area contributed by atoms with E-state index in [1.165, 1.54) is 18.5 Å². The van der Waals surface area contributed by atoms with Gasteiger partial charge in [-0.25, -0.2) is 14.4 Å². The van der Waals surface area contributed by atoms with Crippen molar-refractivity contribution in [1.29, 1.82) is 0 Å². The van der Waals surface area contributed by atoms with Gasteiger partial charge in [0, 0.05) is 23.1 Å². The summed E-state index contributed by atoms with van der Waals surface area (Å²) in [5.41, 5.74) is 4.54. The monoisotopic (exact) mass is 424 g/mol. The molecule has 0 unspecified atom stereocenters. The molecule has 0 spiro atoms. The third kappa shape index (κ3) is 3.78. The van der Waals surface area contributed by atoms with Crippen LogP contribution in [0.3, 0.4) is 0 Å². The van der Waals surface area contributed by atoms with Crippen molar-refractivity contribution in [2.75, 3.05) is 11.9 Å². The molecule has 0 fully saturated rings. The summed E-state index contributed by atoms with van der Waals surface area (Å²) in [5, 5.41) is 4.21. The molecule has 0 amide bonds. The fourth-order valence-corrected chi connectivity index (χ4v) is 3.73. The lowest BCUT2D eigenvalue weighted by molar-refractivity contribution is 0.340. The second-order valence-corrected chi connectivity index (χ2v) is 7.26. The van der Waals surface area contributed by atoms with Crippen LogP contribution in [0.15, 0.2) is 91.4 Å². The van der Waals surface area contributed by atoms with E-state index in [-0.39, 0.29) is 5.82 Å². The van der Waals surface area contributed by atoms with Crippen molar-refractivity contribution >= 4 is 22.5 Å². The zero-order valence-electron chi connectivity index (χ0n) is 17.5. The van der Waals surface area contributed by atoms with Gasteiger partial charge in [0.05, 0.1) is 12.0 Å². The maximum Gasteiger partial charge on any atom is 0.150 e. The largest absolute Gasteiger partial charge is 0.494 e. The Labute approximate surface area is 185 Å². The molecule has 5 nitrogen and oxygen atoms in total. The van der Waals surface area contributed by atoms with E-state index in [1.807, 2.05) is 54.0 Å². The highest BCUT2D eigenvalue weighted by molar-refractivity contribution is 6.03. The predicted molar refractivity (Wildman–Crippen MR) is 125 cm³/mol. The highest BCUT2D eigenvalue weighted by Crippen LogP contribution is 2.36. The van der Waals surface area contributed by atoms with Crippen LogP contribution in [0.5, 0.6) is 5.75 Å². The predicted octanol–water partition coefficient (Wildman–Crippen LogP) is 6.37. The third-order valence-corrected chi connectivity index (χ3v) is 5.20. The first kappa shape index (κ1) is 19.8. The number of hydrogen-bond donors (Lipinski definition) is 1. The minimum atomic E-state index is -0.282. The molecular formula is C26H21FN4O. The number of nitrogens with zero attached hydrogens (tertiary/aromatic N) is 3. The minimum absolute atomic E-state index is 0.282. The number of fused-ring (bicyclic) bond motifs is 1. The number of aromatic nitrogens is 3. The van der Waals surface area contributed by atoms with Crippen LogP contribution >= 0.6 is 0 Å². The molecule has 3 aromatic carbocycles. The number of hydrogen-bond acceptors (Lipinski definition) is 4. The first-order valence-electron chi connectivity index (χ1n) is 10.4. The van der Waals surface area contributed by atoms with Crippen LogP contribution in [0.25, 0.3) is 27.8 Å². The molecule has 0 aliphatic heterocycles. The number of benzene rings is 3. The summed E-state index contributed by atoms with van der Waals surface area (Å²) in [5.74, 6) is 1.20. The van der Waals surface area contributed by atoms with Gasteiger partial charge in [0.25, 0.3) is 0 Å². The first-order chi connectivity index (χ1) is 15.7. The molecule has 6 heteroatoms. The molecule has 32 heavy (non-hydrogen) atoms. The quantitative estimate of drug-likeness (QED) is 0.344. The van der Waals surface area contributed by atoms with E-state index in [0.717, 1.165) is 39.3 Å². The molecule has 0 aliphatic carbocycles. The van der Waals surface area contributed by atoms with Crippen LogP contribution in [0.1, 0.15) is 6.92 Å². The molecule has 0 bridgehead atoms. The van der Waals surface area contributed by atoms with Gasteiger partial charge in [0.1, 0.15) is 23.7 Å². The number of ether oxygens (including phenoxy) is 1. The molecule has 0 radical (unpaired) electrons. The number of nitrogens with one attached hydrogen (secondary N) is 1. The third-order valence-electron chi connectivity index (χ3n) is 5.20. The second-order valence-electron chi connectivity index (χ2n) is 7.26. The van der Waals surface area contributed by atoms with E-state index in [1.54, 1.807) is 12.1 Å². The summed E-state index contributed by atoms with van der Waals surface area (Å²) >= 11 is 0. The number of halogens is 1. The van der Waals surface area contributed by atoms with Crippen molar-refractivity contribution in [3.05, 3.63) is 97.2 Å². The van der Waals surface area contributed by atoms with Gasteiger partial charge in [-0.1, -0.05) is 30.3 Å². The van der Waals surface area contributed by atoms with Gasteiger partial charge in [-0.3, -0.25) is 0 Å². The van der Waals surface area contributed by atoms with E-state index in [2.05, 4.69) is 33.6 Å². The molecule has 0 atom stereocenters. The van der Waals surface area contributed by atoms with Crippen molar-refractivity contribution in [2.24, 2.45) is 0 Å². The summed E-state index contributed by atoms with van der Waals surface area (Å²) in [6.07, 6.45) is 3.61. The highest BCUT2D eigenvalue weighted by atomic mass is 19.1. The Morgan fingerprint density at radius 2 is 1.66 bits per heavy atom. The Kier molecular flexibility index (Phi) is 5.25. The van der Waals surface area contributed by atoms with Crippen LogP contribution in [0, 0.1) is 5.82 Å². The van der Waals surface area contributed by atoms with Gasteiger partial charge in [-0.05, 0) is 61.0 Å². The molecule has 5 aromatic rings. The molecule has 2 heterocycles. The highest BCUT2D eigenvalue weighted by Gasteiger charge is 2.17. The molecule has 5 rings (SSSR count). The van der Waals surface area contributed by atoms with E-state index < -0.39 is 0 Å².